The second-order valence-corrected chi connectivity index (χ2v) is 2.99. The first kappa shape index (κ1) is 10.8. The first-order valence-corrected chi connectivity index (χ1v) is 4.63. The smallest absolute Gasteiger partial charge is 0.263 e. The maximum atomic E-state index is 11.3. The highest BCUT2D eigenvalue weighted by Crippen LogP contribution is 1.94. The van der Waals surface area contributed by atoms with Crippen molar-refractivity contribution >= 4 is 18.1 Å². The number of nitrogens with two attached hydrogens (primary N) is 1. The number of nitrogen functional groups attached to an aromatic ring is 1. The summed E-state index contributed by atoms with van der Waals surface area (Å²) in [6.45, 7) is -0.111. The Bertz CT molecular complexity index is 516. The van der Waals surface area contributed by atoms with Gasteiger partial charge in [0, 0.05) is 0 Å². The van der Waals surface area contributed by atoms with Crippen molar-refractivity contribution in [3.63, 3.8) is 0 Å². The van der Waals surface area contributed by atoms with E-state index < -0.39 is 5.91 Å². The Hall–Kier alpha value is -2.71. The average molecular weight is 235 g/mol. The minimum atomic E-state index is -0.398. The predicted molar refractivity (Wildman–Crippen MR) is 56.7 cm³/mol. The van der Waals surface area contributed by atoms with Gasteiger partial charge in [0.2, 0.25) is 0 Å². The van der Waals surface area contributed by atoms with E-state index in [1.165, 1.54) is 12.5 Å². The summed E-state index contributed by atoms with van der Waals surface area (Å²) < 4.78 is 4.98. The lowest BCUT2D eigenvalue weighted by Gasteiger charge is -1.96. The highest BCUT2D eigenvalue weighted by molar-refractivity contribution is 5.79. The summed E-state index contributed by atoms with van der Waals surface area (Å²) in [7, 11) is 0. The number of anilines is 1. The topological polar surface area (TPSA) is 124 Å². The van der Waals surface area contributed by atoms with Crippen LogP contribution in [-0.2, 0) is 11.3 Å². The summed E-state index contributed by atoms with van der Waals surface area (Å²) in [5.41, 5.74) is 7.52. The van der Waals surface area contributed by atoms with Crippen LogP contribution in [0.25, 0.3) is 0 Å². The molecular weight excluding hydrogens is 226 g/mol. The fraction of sp³-hybridized carbons (Fsp3) is 0.125. The number of hydrazone groups is 1. The molecule has 2 rings (SSSR count). The zero-order valence-electron chi connectivity index (χ0n) is 8.65. The van der Waals surface area contributed by atoms with E-state index in [0.29, 0.717) is 5.76 Å². The van der Waals surface area contributed by atoms with Crippen molar-refractivity contribution < 1.29 is 9.21 Å². The number of nitrogens with zero attached hydrogens (tertiary/aromatic N) is 5. The number of tetrazole rings is 1. The molecule has 0 radical (unpaired) electrons. The van der Waals surface area contributed by atoms with Crippen LogP contribution in [0.3, 0.4) is 0 Å². The maximum Gasteiger partial charge on any atom is 0.263 e. The lowest BCUT2D eigenvalue weighted by molar-refractivity contribution is -0.122. The van der Waals surface area contributed by atoms with Gasteiger partial charge in [-0.25, -0.2) is 5.43 Å². The van der Waals surface area contributed by atoms with Crippen molar-refractivity contribution in [3.8, 4) is 0 Å². The third-order valence-electron chi connectivity index (χ3n) is 1.68. The third-order valence-corrected chi connectivity index (χ3v) is 1.68. The van der Waals surface area contributed by atoms with Gasteiger partial charge in [-0.3, -0.25) is 4.79 Å². The second-order valence-electron chi connectivity index (χ2n) is 2.99. The minimum Gasteiger partial charge on any atom is -0.463 e. The van der Waals surface area contributed by atoms with Crippen LogP contribution in [0.2, 0.25) is 0 Å². The number of hydrogen-bond donors (Lipinski definition) is 2. The van der Waals surface area contributed by atoms with E-state index >= 15 is 0 Å². The van der Waals surface area contributed by atoms with Gasteiger partial charge in [0.25, 0.3) is 11.9 Å². The average Bonchev–Trinajstić information content (AvgIpc) is 2.90. The molecule has 9 nitrogen and oxygen atoms in total. The van der Waals surface area contributed by atoms with Gasteiger partial charge in [-0.05, 0) is 17.3 Å². The van der Waals surface area contributed by atoms with Crippen LogP contribution in [0.4, 0.5) is 5.95 Å². The molecule has 2 heterocycles. The second kappa shape index (κ2) is 4.88. The summed E-state index contributed by atoms with van der Waals surface area (Å²) in [5.74, 6) is 0.149. The maximum absolute atomic E-state index is 11.3. The lowest BCUT2D eigenvalue weighted by atomic mass is 10.5. The van der Waals surface area contributed by atoms with Gasteiger partial charge in [-0.2, -0.15) is 9.90 Å². The summed E-state index contributed by atoms with van der Waals surface area (Å²) in [6.07, 6.45) is 2.88. The summed E-state index contributed by atoms with van der Waals surface area (Å²) in [6, 6.07) is 3.42. The van der Waals surface area contributed by atoms with E-state index in [2.05, 4.69) is 25.9 Å². The number of furan rings is 1. The molecular formula is C8H9N7O2. The molecule has 2 aromatic heterocycles. The predicted octanol–water partition coefficient (Wildman–Crippen LogP) is -1.00. The fourth-order valence-electron chi connectivity index (χ4n) is 1.02. The van der Waals surface area contributed by atoms with Crippen LogP contribution < -0.4 is 11.2 Å². The molecule has 2 aromatic rings. The highest BCUT2D eigenvalue weighted by atomic mass is 16.3. The van der Waals surface area contributed by atoms with Crippen LogP contribution >= 0.6 is 0 Å². The van der Waals surface area contributed by atoms with Crippen molar-refractivity contribution in [1.82, 2.24) is 25.6 Å². The van der Waals surface area contributed by atoms with Gasteiger partial charge in [0.15, 0.2) is 0 Å². The molecule has 0 aliphatic heterocycles. The zero-order valence-corrected chi connectivity index (χ0v) is 8.65. The van der Waals surface area contributed by atoms with E-state index in [0.717, 1.165) is 4.80 Å². The number of aromatic nitrogens is 4. The van der Waals surface area contributed by atoms with Crippen molar-refractivity contribution in [3.05, 3.63) is 24.2 Å². The molecule has 0 spiro atoms. The van der Waals surface area contributed by atoms with E-state index in [1.54, 1.807) is 12.1 Å². The van der Waals surface area contributed by atoms with E-state index in [1.807, 2.05) is 0 Å². The molecule has 0 unspecified atom stereocenters. The van der Waals surface area contributed by atoms with E-state index in [-0.39, 0.29) is 12.5 Å². The summed E-state index contributed by atoms with van der Waals surface area (Å²) in [4.78, 5) is 12.4. The zero-order chi connectivity index (χ0) is 12.1. The Labute approximate surface area is 95.3 Å². The van der Waals surface area contributed by atoms with Gasteiger partial charge < -0.3 is 10.2 Å². The summed E-state index contributed by atoms with van der Waals surface area (Å²) >= 11 is 0. The van der Waals surface area contributed by atoms with Crippen LogP contribution in [0.1, 0.15) is 5.76 Å². The molecule has 0 aliphatic carbocycles. The van der Waals surface area contributed by atoms with Gasteiger partial charge in [-0.1, -0.05) is 5.10 Å². The molecule has 0 saturated heterocycles. The molecule has 0 saturated carbocycles. The molecule has 9 heteroatoms. The van der Waals surface area contributed by atoms with Gasteiger partial charge in [0.05, 0.1) is 12.5 Å². The van der Waals surface area contributed by atoms with Crippen LogP contribution in [0.15, 0.2) is 27.9 Å². The standard InChI is InChI=1S/C8H9N7O2/c9-8-12-14-15(13-8)5-7(16)11-10-4-6-2-1-3-17-6/h1-4H,5H2,(H2,9,13)(H,11,16)/b10-4+. The number of amides is 1. The van der Waals surface area contributed by atoms with Crippen molar-refractivity contribution in [2.45, 2.75) is 6.54 Å². The van der Waals surface area contributed by atoms with Gasteiger partial charge in [-0.15, -0.1) is 5.10 Å². The fourth-order valence-corrected chi connectivity index (χ4v) is 1.02. The van der Waals surface area contributed by atoms with E-state index in [4.69, 9.17) is 10.2 Å². The molecule has 1 amide bonds. The molecule has 0 aromatic carbocycles. The van der Waals surface area contributed by atoms with Crippen LogP contribution in [0, 0.1) is 0 Å². The van der Waals surface area contributed by atoms with Crippen molar-refractivity contribution in [2.75, 3.05) is 5.73 Å². The first-order valence-electron chi connectivity index (χ1n) is 4.63. The number of carbonyl (C=O) groups is 1. The Kier molecular flexibility index (Phi) is 3.10. The van der Waals surface area contributed by atoms with Crippen LogP contribution in [0.5, 0.6) is 0 Å². The molecule has 0 bridgehead atoms. The van der Waals surface area contributed by atoms with Gasteiger partial charge in [0.1, 0.15) is 12.3 Å². The first-order chi connectivity index (χ1) is 8.24. The quantitative estimate of drug-likeness (QED) is 0.517. The Morgan fingerprint density at radius 1 is 1.71 bits per heavy atom. The Morgan fingerprint density at radius 3 is 3.24 bits per heavy atom. The lowest BCUT2D eigenvalue weighted by Crippen LogP contribution is -2.24. The molecule has 0 atom stereocenters. The summed E-state index contributed by atoms with van der Waals surface area (Å²) in [5, 5.41) is 14.3. The molecule has 0 aliphatic rings. The minimum absolute atomic E-state index is 0.0110. The largest absolute Gasteiger partial charge is 0.463 e. The molecule has 17 heavy (non-hydrogen) atoms. The Morgan fingerprint density at radius 2 is 2.59 bits per heavy atom. The molecule has 0 fully saturated rings. The van der Waals surface area contributed by atoms with Gasteiger partial charge >= 0.3 is 0 Å². The molecule has 3 N–H and O–H groups in total. The number of nitrogens with one attached hydrogen (secondary N) is 1. The number of hydrogen-bond acceptors (Lipinski definition) is 7. The molecule has 88 valence electrons. The SMILES string of the molecule is Nc1nnn(CC(=O)N/N=C/c2ccco2)n1. The number of carbonyl (C=O) groups excluding carboxylic acids is 1. The normalized spacial score (nSPS) is 10.8. The van der Waals surface area contributed by atoms with Crippen molar-refractivity contribution in [2.24, 2.45) is 5.10 Å². The van der Waals surface area contributed by atoms with E-state index in [9.17, 15) is 4.79 Å². The number of rotatable bonds is 4. The van der Waals surface area contributed by atoms with Crippen molar-refractivity contribution in [1.29, 1.82) is 0 Å². The monoisotopic (exact) mass is 235 g/mol. The Balaban J connectivity index is 1.82. The highest BCUT2D eigenvalue weighted by Gasteiger charge is 2.04. The third kappa shape index (κ3) is 3.12. The van der Waals surface area contributed by atoms with Crippen LogP contribution in [-0.4, -0.2) is 32.3 Å².